The van der Waals surface area contributed by atoms with Crippen molar-refractivity contribution in [3.8, 4) is 11.5 Å². The van der Waals surface area contributed by atoms with Gasteiger partial charge in [0.05, 0.1) is 0 Å². The van der Waals surface area contributed by atoms with Gasteiger partial charge in [0.1, 0.15) is 17.1 Å². The van der Waals surface area contributed by atoms with Crippen LogP contribution in [0.1, 0.15) is 28.4 Å². The molecule has 3 heteroatoms. The fourth-order valence-electron chi connectivity index (χ4n) is 1.90. The van der Waals surface area contributed by atoms with Crippen molar-refractivity contribution < 1.29 is 14.6 Å². The molecule has 0 radical (unpaired) electrons. The molecular weight excluding hydrogens is 252 g/mol. The second-order valence-corrected chi connectivity index (χ2v) is 4.44. The van der Waals surface area contributed by atoms with Gasteiger partial charge in [-0.05, 0) is 37.6 Å². The van der Waals surface area contributed by atoms with E-state index in [4.69, 9.17) is 4.74 Å². The van der Waals surface area contributed by atoms with E-state index in [1.54, 1.807) is 18.2 Å². The molecule has 1 N–H and O–H groups in total. The van der Waals surface area contributed by atoms with E-state index in [9.17, 15) is 9.90 Å². The predicted octanol–water partition coefficient (Wildman–Crippen LogP) is 4.52. The fraction of sp³-hybridized carbons (Fsp3) is 0.118. The maximum Gasteiger partial charge on any atom is 0.339 e. The number of ether oxygens (including phenoxy) is 1. The lowest BCUT2D eigenvalue weighted by Gasteiger charge is -2.11. The third kappa shape index (κ3) is 3.06. The molecule has 0 saturated carbocycles. The Morgan fingerprint density at radius 1 is 1.15 bits per heavy atom. The molecular formula is C17H16O3. The molecule has 2 aromatic rings. The Morgan fingerprint density at radius 2 is 1.90 bits per heavy atom. The summed E-state index contributed by atoms with van der Waals surface area (Å²) >= 11 is 0. The van der Waals surface area contributed by atoms with Gasteiger partial charge in [-0.2, -0.15) is 0 Å². The van der Waals surface area contributed by atoms with Crippen LogP contribution in [0, 0.1) is 6.92 Å². The predicted molar refractivity (Wildman–Crippen MR) is 79.4 cm³/mol. The highest BCUT2D eigenvalue weighted by molar-refractivity contribution is 5.91. The fourth-order valence-corrected chi connectivity index (χ4v) is 1.90. The molecule has 2 rings (SSSR count). The molecule has 0 bridgehead atoms. The van der Waals surface area contributed by atoms with Crippen LogP contribution >= 0.6 is 0 Å². The monoisotopic (exact) mass is 268 g/mol. The van der Waals surface area contributed by atoms with E-state index < -0.39 is 5.97 Å². The van der Waals surface area contributed by atoms with Crippen LogP contribution in [0.5, 0.6) is 11.5 Å². The molecule has 0 atom stereocenters. The molecule has 2 aromatic carbocycles. The van der Waals surface area contributed by atoms with Crippen molar-refractivity contribution >= 4 is 12.0 Å². The Morgan fingerprint density at radius 3 is 2.60 bits per heavy atom. The molecule has 0 fully saturated rings. The van der Waals surface area contributed by atoms with Gasteiger partial charge in [0.25, 0.3) is 0 Å². The number of aromatic carboxylic acids is 1. The van der Waals surface area contributed by atoms with E-state index in [1.165, 1.54) is 0 Å². The number of carboxylic acid groups (broad SMARTS) is 1. The summed E-state index contributed by atoms with van der Waals surface area (Å²) in [4.78, 5) is 11.2. The zero-order valence-electron chi connectivity index (χ0n) is 11.5. The lowest BCUT2D eigenvalue weighted by molar-refractivity contribution is 0.0694. The Labute approximate surface area is 118 Å². The van der Waals surface area contributed by atoms with E-state index in [1.807, 2.05) is 50.3 Å². The van der Waals surface area contributed by atoms with Crippen molar-refractivity contribution in [3.63, 3.8) is 0 Å². The Bertz CT molecular complexity index is 657. The molecule has 102 valence electrons. The summed E-state index contributed by atoms with van der Waals surface area (Å²) in [7, 11) is 0. The van der Waals surface area contributed by atoms with E-state index in [-0.39, 0.29) is 5.56 Å². The van der Waals surface area contributed by atoms with Crippen molar-refractivity contribution in [1.29, 1.82) is 0 Å². The van der Waals surface area contributed by atoms with Crippen LogP contribution in [0.2, 0.25) is 0 Å². The summed E-state index contributed by atoms with van der Waals surface area (Å²) < 4.78 is 5.80. The molecule has 0 spiro atoms. The molecule has 0 heterocycles. The lowest BCUT2D eigenvalue weighted by Crippen LogP contribution is -2.00. The van der Waals surface area contributed by atoms with Gasteiger partial charge in [-0.1, -0.05) is 36.4 Å². The van der Waals surface area contributed by atoms with Crippen molar-refractivity contribution in [2.75, 3.05) is 0 Å². The normalized spacial score (nSPS) is 10.7. The smallest absolute Gasteiger partial charge is 0.339 e. The van der Waals surface area contributed by atoms with Crippen LogP contribution < -0.4 is 4.74 Å². The van der Waals surface area contributed by atoms with Gasteiger partial charge in [-0.15, -0.1) is 0 Å². The zero-order valence-corrected chi connectivity index (χ0v) is 11.5. The van der Waals surface area contributed by atoms with Crippen LogP contribution in [0.4, 0.5) is 0 Å². The van der Waals surface area contributed by atoms with Crippen LogP contribution in [-0.4, -0.2) is 11.1 Å². The van der Waals surface area contributed by atoms with Crippen molar-refractivity contribution in [2.24, 2.45) is 0 Å². The number of allylic oxidation sites excluding steroid dienone is 1. The average molecular weight is 268 g/mol. The molecule has 3 nitrogen and oxygen atoms in total. The van der Waals surface area contributed by atoms with Gasteiger partial charge < -0.3 is 9.84 Å². The van der Waals surface area contributed by atoms with Crippen LogP contribution in [0.3, 0.4) is 0 Å². The minimum Gasteiger partial charge on any atom is -0.478 e. The largest absolute Gasteiger partial charge is 0.478 e. The quantitative estimate of drug-likeness (QED) is 0.886. The zero-order chi connectivity index (χ0) is 14.5. The molecule has 0 unspecified atom stereocenters. The number of hydrogen-bond acceptors (Lipinski definition) is 2. The Hall–Kier alpha value is -2.55. The van der Waals surface area contributed by atoms with Crippen LogP contribution in [0.25, 0.3) is 6.08 Å². The van der Waals surface area contributed by atoms with Crippen LogP contribution in [0.15, 0.2) is 48.5 Å². The first-order chi connectivity index (χ1) is 9.61. The average Bonchev–Trinajstić information content (AvgIpc) is 2.41. The molecule has 0 aliphatic heterocycles. The van der Waals surface area contributed by atoms with Gasteiger partial charge in [0, 0.05) is 5.56 Å². The van der Waals surface area contributed by atoms with Gasteiger partial charge >= 0.3 is 5.97 Å². The highest BCUT2D eigenvalue weighted by Gasteiger charge is 2.13. The summed E-state index contributed by atoms with van der Waals surface area (Å²) in [5, 5.41) is 9.21. The molecule has 0 aliphatic carbocycles. The molecule has 0 saturated heterocycles. The minimum absolute atomic E-state index is 0.158. The van der Waals surface area contributed by atoms with E-state index >= 15 is 0 Å². The third-order valence-corrected chi connectivity index (χ3v) is 2.85. The number of carboxylic acids is 1. The van der Waals surface area contributed by atoms with E-state index in [2.05, 4.69) is 0 Å². The maximum absolute atomic E-state index is 11.2. The molecule has 0 aliphatic rings. The first-order valence-electron chi connectivity index (χ1n) is 6.35. The summed E-state index contributed by atoms with van der Waals surface area (Å²) in [6, 6.07) is 12.6. The number of aryl methyl sites for hydroxylation is 1. The van der Waals surface area contributed by atoms with E-state index in [0.29, 0.717) is 11.5 Å². The number of para-hydroxylation sites is 1. The van der Waals surface area contributed by atoms with Crippen molar-refractivity contribution in [2.45, 2.75) is 13.8 Å². The van der Waals surface area contributed by atoms with Crippen molar-refractivity contribution in [3.05, 3.63) is 65.2 Å². The summed E-state index contributed by atoms with van der Waals surface area (Å²) in [6.45, 7) is 3.82. The van der Waals surface area contributed by atoms with E-state index in [0.717, 1.165) is 11.1 Å². The van der Waals surface area contributed by atoms with Gasteiger partial charge in [-0.25, -0.2) is 4.79 Å². The second kappa shape index (κ2) is 6.06. The number of hydrogen-bond donors (Lipinski definition) is 1. The highest BCUT2D eigenvalue weighted by Crippen LogP contribution is 2.29. The van der Waals surface area contributed by atoms with Gasteiger partial charge in [-0.3, -0.25) is 0 Å². The third-order valence-electron chi connectivity index (χ3n) is 2.85. The first kappa shape index (κ1) is 13.9. The maximum atomic E-state index is 11.2. The molecule has 0 amide bonds. The van der Waals surface area contributed by atoms with Crippen LogP contribution in [-0.2, 0) is 0 Å². The lowest BCUT2D eigenvalue weighted by atomic mass is 10.1. The first-order valence-corrected chi connectivity index (χ1v) is 6.35. The van der Waals surface area contributed by atoms with Crippen molar-refractivity contribution in [1.82, 2.24) is 0 Å². The minimum atomic E-state index is -0.997. The molecule has 0 aromatic heterocycles. The standard InChI is InChI=1S/C17H16O3/c1-3-6-13-7-4-5-8-15(13)20-16-11-12(2)9-10-14(16)17(18)19/h3-11H,1-2H3,(H,18,19). The number of carbonyl (C=O) groups is 1. The SMILES string of the molecule is CC=Cc1ccccc1Oc1cc(C)ccc1C(=O)O. The summed E-state index contributed by atoms with van der Waals surface area (Å²) in [5.74, 6) is -0.00309. The van der Waals surface area contributed by atoms with Gasteiger partial charge in [0.2, 0.25) is 0 Å². The molecule has 20 heavy (non-hydrogen) atoms. The Kier molecular flexibility index (Phi) is 4.20. The number of rotatable bonds is 4. The summed E-state index contributed by atoms with van der Waals surface area (Å²) in [6.07, 6.45) is 3.84. The second-order valence-electron chi connectivity index (χ2n) is 4.44. The summed E-state index contributed by atoms with van der Waals surface area (Å²) in [5.41, 5.74) is 2.02. The Balaban J connectivity index is 2.44. The number of benzene rings is 2. The van der Waals surface area contributed by atoms with Gasteiger partial charge in [0.15, 0.2) is 0 Å². The topological polar surface area (TPSA) is 46.5 Å². The highest BCUT2D eigenvalue weighted by atomic mass is 16.5.